The summed E-state index contributed by atoms with van der Waals surface area (Å²) in [4.78, 5) is 15.3. The number of nitrogens with zero attached hydrogens (tertiary/aromatic N) is 1. The number of aromatic amines is 1. The lowest BCUT2D eigenvalue weighted by Gasteiger charge is -2.16. The predicted molar refractivity (Wildman–Crippen MR) is 114 cm³/mol. The van der Waals surface area contributed by atoms with Crippen molar-refractivity contribution in [3.63, 3.8) is 0 Å². The molecule has 1 aliphatic heterocycles. The Morgan fingerprint density at radius 3 is 2.86 bits per heavy atom. The summed E-state index contributed by atoms with van der Waals surface area (Å²) in [6, 6.07) is 12.2. The normalized spacial score (nSPS) is 16.6. The van der Waals surface area contributed by atoms with E-state index in [1.807, 2.05) is 44.3 Å². The first-order valence-electron chi connectivity index (χ1n) is 9.81. The lowest BCUT2D eigenvalue weighted by atomic mass is 9.94. The van der Waals surface area contributed by atoms with Gasteiger partial charge < -0.3 is 14.5 Å². The van der Waals surface area contributed by atoms with Crippen LogP contribution < -0.4 is 10.2 Å². The molecule has 150 valence electrons. The van der Waals surface area contributed by atoms with Crippen molar-refractivity contribution in [2.75, 3.05) is 19.8 Å². The van der Waals surface area contributed by atoms with Crippen LogP contribution in [0.3, 0.4) is 0 Å². The number of H-pyrrole nitrogens is 1. The molecule has 2 heterocycles. The van der Waals surface area contributed by atoms with E-state index in [1.54, 1.807) is 6.21 Å². The number of fused-ring (bicyclic) bond motifs is 1. The summed E-state index contributed by atoms with van der Waals surface area (Å²) in [5.41, 5.74) is 7.79. The number of carbonyl (C=O) groups excluding carboxylic acids is 1. The topological polar surface area (TPSA) is 75.7 Å². The average molecular weight is 391 g/mol. The van der Waals surface area contributed by atoms with E-state index in [1.165, 1.54) is 5.56 Å². The van der Waals surface area contributed by atoms with Crippen molar-refractivity contribution in [3.05, 3.63) is 64.8 Å². The zero-order valence-electron chi connectivity index (χ0n) is 16.7. The van der Waals surface area contributed by atoms with E-state index < -0.39 is 0 Å². The molecule has 2 N–H and O–H groups in total. The Labute approximate surface area is 169 Å². The van der Waals surface area contributed by atoms with Gasteiger partial charge in [-0.25, -0.2) is 5.43 Å². The molecule has 4 rings (SSSR count). The Balaban J connectivity index is 1.33. The van der Waals surface area contributed by atoms with E-state index in [9.17, 15) is 4.79 Å². The maximum atomic E-state index is 12.1. The van der Waals surface area contributed by atoms with Gasteiger partial charge in [-0.15, -0.1) is 0 Å². The number of rotatable bonds is 6. The zero-order chi connectivity index (χ0) is 20.2. The van der Waals surface area contributed by atoms with E-state index in [-0.39, 0.29) is 12.5 Å². The SMILES string of the molecule is Cc1cc(C2CCOC2)cc(C)c1OCC(=O)N/N=C/c1ccc2cc[nH]c2c1. The van der Waals surface area contributed by atoms with E-state index in [2.05, 4.69) is 27.6 Å². The minimum Gasteiger partial charge on any atom is -0.483 e. The van der Waals surface area contributed by atoms with Gasteiger partial charge in [-0.3, -0.25) is 4.79 Å². The molecular formula is C23H25N3O3. The molecule has 1 saturated heterocycles. The molecule has 1 aliphatic rings. The molecule has 0 radical (unpaired) electrons. The van der Waals surface area contributed by atoms with Crippen LogP contribution in [-0.4, -0.2) is 36.9 Å². The lowest BCUT2D eigenvalue weighted by molar-refractivity contribution is -0.123. The summed E-state index contributed by atoms with van der Waals surface area (Å²) in [5, 5.41) is 5.16. The molecule has 6 nitrogen and oxygen atoms in total. The highest BCUT2D eigenvalue weighted by molar-refractivity contribution is 5.89. The van der Waals surface area contributed by atoms with Gasteiger partial charge in [0.15, 0.2) is 6.61 Å². The fourth-order valence-electron chi connectivity index (χ4n) is 3.74. The molecule has 2 aromatic carbocycles. The second kappa shape index (κ2) is 8.49. The van der Waals surface area contributed by atoms with Crippen LogP contribution in [0.1, 0.15) is 34.6 Å². The number of amides is 1. The maximum absolute atomic E-state index is 12.1. The van der Waals surface area contributed by atoms with Gasteiger partial charge >= 0.3 is 0 Å². The molecule has 6 heteroatoms. The summed E-state index contributed by atoms with van der Waals surface area (Å²) in [6.45, 7) is 5.53. The van der Waals surface area contributed by atoms with Crippen molar-refractivity contribution in [1.29, 1.82) is 0 Å². The van der Waals surface area contributed by atoms with E-state index in [0.29, 0.717) is 5.92 Å². The molecule has 0 bridgehead atoms. The van der Waals surface area contributed by atoms with Crippen molar-refractivity contribution < 1.29 is 14.3 Å². The Bertz CT molecular complexity index is 1030. The number of carbonyl (C=O) groups is 1. The van der Waals surface area contributed by atoms with Gasteiger partial charge in [0.1, 0.15) is 5.75 Å². The Kier molecular flexibility index (Phi) is 5.62. The van der Waals surface area contributed by atoms with Crippen molar-refractivity contribution in [3.8, 4) is 5.75 Å². The number of hydrazone groups is 1. The van der Waals surface area contributed by atoms with Gasteiger partial charge in [-0.2, -0.15) is 5.10 Å². The van der Waals surface area contributed by atoms with Crippen LogP contribution >= 0.6 is 0 Å². The first-order chi connectivity index (χ1) is 14.1. The number of aromatic nitrogens is 1. The number of hydrogen-bond donors (Lipinski definition) is 2. The molecule has 3 aromatic rings. The van der Waals surface area contributed by atoms with Gasteiger partial charge in [-0.05, 0) is 60.0 Å². The van der Waals surface area contributed by atoms with Gasteiger partial charge in [0, 0.05) is 24.2 Å². The fourth-order valence-corrected chi connectivity index (χ4v) is 3.74. The van der Waals surface area contributed by atoms with Crippen LogP contribution in [0, 0.1) is 13.8 Å². The fraction of sp³-hybridized carbons (Fsp3) is 0.304. The van der Waals surface area contributed by atoms with Crippen LogP contribution in [0.5, 0.6) is 5.75 Å². The number of nitrogens with one attached hydrogen (secondary N) is 2. The van der Waals surface area contributed by atoms with Gasteiger partial charge in [0.2, 0.25) is 0 Å². The molecule has 0 spiro atoms. The highest BCUT2D eigenvalue weighted by atomic mass is 16.5. The molecule has 1 amide bonds. The molecule has 1 aromatic heterocycles. The lowest BCUT2D eigenvalue weighted by Crippen LogP contribution is -2.25. The van der Waals surface area contributed by atoms with Crippen LogP contribution in [0.4, 0.5) is 0 Å². The second-order valence-electron chi connectivity index (χ2n) is 7.45. The maximum Gasteiger partial charge on any atom is 0.277 e. The number of aryl methyl sites for hydroxylation is 2. The zero-order valence-corrected chi connectivity index (χ0v) is 16.7. The smallest absolute Gasteiger partial charge is 0.277 e. The summed E-state index contributed by atoms with van der Waals surface area (Å²) in [5.74, 6) is 0.905. The summed E-state index contributed by atoms with van der Waals surface area (Å²) < 4.78 is 11.3. The highest BCUT2D eigenvalue weighted by Gasteiger charge is 2.19. The largest absolute Gasteiger partial charge is 0.483 e. The van der Waals surface area contributed by atoms with Gasteiger partial charge in [0.25, 0.3) is 5.91 Å². The van der Waals surface area contributed by atoms with Crippen molar-refractivity contribution in [2.45, 2.75) is 26.2 Å². The van der Waals surface area contributed by atoms with Crippen LogP contribution in [-0.2, 0) is 9.53 Å². The molecule has 0 saturated carbocycles. The first-order valence-corrected chi connectivity index (χ1v) is 9.81. The van der Waals surface area contributed by atoms with Crippen molar-refractivity contribution in [2.24, 2.45) is 5.10 Å². The monoisotopic (exact) mass is 391 g/mol. The van der Waals surface area contributed by atoms with Crippen LogP contribution in [0.2, 0.25) is 0 Å². The van der Waals surface area contributed by atoms with E-state index >= 15 is 0 Å². The predicted octanol–water partition coefficient (Wildman–Crippen LogP) is 3.82. The molecule has 0 aliphatic carbocycles. The average Bonchev–Trinajstić information content (AvgIpc) is 3.39. The summed E-state index contributed by atoms with van der Waals surface area (Å²) in [6.07, 6.45) is 4.56. The highest BCUT2D eigenvalue weighted by Crippen LogP contribution is 2.31. The summed E-state index contributed by atoms with van der Waals surface area (Å²) >= 11 is 0. The third-order valence-corrected chi connectivity index (χ3v) is 5.21. The molecule has 1 fully saturated rings. The van der Waals surface area contributed by atoms with E-state index in [0.717, 1.165) is 53.0 Å². The number of ether oxygens (including phenoxy) is 2. The molecular weight excluding hydrogens is 366 g/mol. The van der Waals surface area contributed by atoms with Crippen molar-refractivity contribution >= 4 is 23.0 Å². The minimum atomic E-state index is -0.297. The third kappa shape index (κ3) is 4.49. The standard InChI is InChI=1S/C23H25N3O3/c1-15-9-20(19-6-8-28-13-19)10-16(2)23(15)29-14-22(27)26-25-12-17-3-4-18-5-7-24-21(18)11-17/h3-5,7,9-12,19,24H,6,8,13-14H2,1-2H3,(H,26,27)/b25-12+. The number of hydrogen-bond acceptors (Lipinski definition) is 4. The van der Waals surface area contributed by atoms with Crippen molar-refractivity contribution in [1.82, 2.24) is 10.4 Å². The summed E-state index contributed by atoms with van der Waals surface area (Å²) in [7, 11) is 0. The Morgan fingerprint density at radius 2 is 2.10 bits per heavy atom. The Morgan fingerprint density at radius 1 is 1.28 bits per heavy atom. The molecule has 1 atom stereocenters. The number of benzene rings is 2. The molecule has 29 heavy (non-hydrogen) atoms. The second-order valence-corrected chi connectivity index (χ2v) is 7.45. The quantitative estimate of drug-likeness (QED) is 0.495. The minimum absolute atomic E-state index is 0.0828. The van der Waals surface area contributed by atoms with Gasteiger partial charge in [0.05, 0.1) is 12.8 Å². The third-order valence-electron chi connectivity index (χ3n) is 5.21. The first kappa shape index (κ1) is 19.2. The van der Waals surface area contributed by atoms with Crippen LogP contribution in [0.25, 0.3) is 10.9 Å². The van der Waals surface area contributed by atoms with Crippen LogP contribution in [0.15, 0.2) is 47.7 Å². The van der Waals surface area contributed by atoms with E-state index in [4.69, 9.17) is 9.47 Å². The Hall–Kier alpha value is -3.12. The molecule has 1 unspecified atom stereocenters. The van der Waals surface area contributed by atoms with Gasteiger partial charge in [-0.1, -0.05) is 24.3 Å².